The molecule has 2 aliphatic heterocycles. The van der Waals surface area contributed by atoms with Crippen molar-refractivity contribution in [1.29, 1.82) is 0 Å². The van der Waals surface area contributed by atoms with Crippen LogP contribution in [0.5, 0.6) is 17.4 Å². The van der Waals surface area contributed by atoms with Gasteiger partial charge in [0, 0.05) is 30.9 Å². The molecule has 170 valence electrons. The maximum absolute atomic E-state index is 12.6. The Bertz CT molecular complexity index is 1070. The molecule has 2 fully saturated rings. The van der Waals surface area contributed by atoms with Gasteiger partial charge in [0.2, 0.25) is 5.88 Å². The number of hydrogen-bond donors (Lipinski definition) is 1. The van der Waals surface area contributed by atoms with Gasteiger partial charge in [-0.2, -0.15) is 0 Å². The molecule has 6 nitrogen and oxygen atoms in total. The monoisotopic (exact) mass is 443 g/mol. The van der Waals surface area contributed by atoms with Crippen molar-refractivity contribution in [2.75, 3.05) is 7.05 Å². The highest BCUT2D eigenvalue weighted by molar-refractivity contribution is 5.93. The summed E-state index contributed by atoms with van der Waals surface area (Å²) >= 11 is 0. The van der Waals surface area contributed by atoms with Crippen molar-refractivity contribution in [3.8, 4) is 17.4 Å². The van der Waals surface area contributed by atoms with Crippen molar-refractivity contribution in [1.82, 2.24) is 15.2 Å². The number of nitrogens with zero attached hydrogens (tertiary/aromatic N) is 2. The highest BCUT2D eigenvalue weighted by Gasteiger charge is 2.39. The zero-order valence-corrected chi connectivity index (χ0v) is 18.8. The van der Waals surface area contributed by atoms with Crippen LogP contribution in [0.2, 0.25) is 0 Å². The largest absolute Gasteiger partial charge is 0.490 e. The van der Waals surface area contributed by atoms with Crippen molar-refractivity contribution in [3.05, 3.63) is 84.1 Å². The van der Waals surface area contributed by atoms with Crippen molar-refractivity contribution in [2.45, 2.75) is 50.4 Å². The van der Waals surface area contributed by atoms with Crippen LogP contribution in [-0.2, 0) is 6.54 Å². The second-order valence-corrected chi connectivity index (χ2v) is 8.89. The first-order chi connectivity index (χ1) is 16.1. The average molecular weight is 444 g/mol. The first kappa shape index (κ1) is 21.5. The van der Waals surface area contributed by atoms with Gasteiger partial charge < -0.3 is 19.7 Å². The van der Waals surface area contributed by atoms with E-state index in [0.29, 0.717) is 35.8 Å². The van der Waals surface area contributed by atoms with Gasteiger partial charge in [0.1, 0.15) is 17.6 Å². The molecule has 2 aliphatic rings. The number of fused-ring (bicyclic) bond motifs is 2. The third kappa shape index (κ3) is 5.17. The smallest absolute Gasteiger partial charge is 0.253 e. The standard InChI is InChI=1S/C27H29N3O3/c1-30-21-11-12-22(30)16-25(15-21)32-24-9-5-6-19(14-24)17-29-27(31)20-10-13-26(28-18-20)33-23-7-3-2-4-8-23/h2-10,13-14,18,21-22,25H,11-12,15-17H2,1H3,(H,29,31)/t21-,22+,25-. The van der Waals surface area contributed by atoms with Crippen LogP contribution in [0.25, 0.3) is 0 Å². The van der Waals surface area contributed by atoms with E-state index in [2.05, 4.69) is 22.2 Å². The molecule has 3 heterocycles. The molecule has 0 aliphatic carbocycles. The summed E-state index contributed by atoms with van der Waals surface area (Å²) in [6.45, 7) is 0.428. The van der Waals surface area contributed by atoms with Crippen molar-refractivity contribution in [2.24, 2.45) is 0 Å². The number of hydrogen-bond acceptors (Lipinski definition) is 5. The van der Waals surface area contributed by atoms with Crippen LogP contribution in [-0.4, -0.2) is 41.0 Å². The fraction of sp³-hybridized carbons (Fsp3) is 0.333. The molecule has 1 N–H and O–H groups in total. The zero-order chi connectivity index (χ0) is 22.6. The van der Waals surface area contributed by atoms with Crippen molar-refractivity contribution < 1.29 is 14.3 Å². The number of piperidine rings is 1. The van der Waals surface area contributed by atoms with Crippen LogP contribution in [0, 0.1) is 0 Å². The Labute approximate surface area is 194 Å². The summed E-state index contributed by atoms with van der Waals surface area (Å²) < 4.78 is 12.0. The Hall–Kier alpha value is -3.38. The number of amides is 1. The molecule has 0 unspecified atom stereocenters. The topological polar surface area (TPSA) is 63.7 Å². The van der Waals surface area contributed by atoms with Crippen molar-refractivity contribution in [3.63, 3.8) is 0 Å². The number of ether oxygens (including phenoxy) is 2. The highest BCUT2D eigenvalue weighted by Crippen LogP contribution is 2.36. The maximum Gasteiger partial charge on any atom is 0.253 e. The third-order valence-electron chi connectivity index (χ3n) is 6.67. The van der Waals surface area contributed by atoms with E-state index in [1.54, 1.807) is 12.1 Å². The molecular formula is C27H29N3O3. The summed E-state index contributed by atoms with van der Waals surface area (Å²) in [6, 6.07) is 22.2. The Morgan fingerprint density at radius 1 is 1.00 bits per heavy atom. The van der Waals surface area contributed by atoms with Gasteiger partial charge in [-0.05, 0) is 68.6 Å². The lowest BCUT2D eigenvalue weighted by molar-refractivity contribution is 0.0661. The third-order valence-corrected chi connectivity index (χ3v) is 6.67. The summed E-state index contributed by atoms with van der Waals surface area (Å²) in [5.74, 6) is 1.86. The van der Waals surface area contributed by atoms with E-state index in [0.717, 1.165) is 24.2 Å². The van der Waals surface area contributed by atoms with Crippen LogP contribution in [0.1, 0.15) is 41.6 Å². The fourth-order valence-electron chi connectivity index (χ4n) is 4.85. The molecule has 0 radical (unpaired) electrons. The van der Waals surface area contributed by atoms with Gasteiger partial charge in [-0.25, -0.2) is 4.98 Å². The number of nitrogens with one attached hydrogen (secondary N) is 1. The first-order valence-corrected chi connectivity index (χ1v) is 11.6. The van der Waals surface area contributed by atoms with E-state index in [9.17, 15) is 4.79 Å². The van der Waals surface area contributed by atoms with E-state index in [-0.39, 0.29) is 12.0 Å². The molecule has 2 saturated heterocycles. The molecule has 2 aromatic carbocycles. The Morgan fingerprint density at radius 3 is 2.48 bits per heavy atom. The molecule has 0 saturated carbocycles. The van der Waals surface area contributed by atoms with Gasteiger partial charge in [0.15, 0.2) is 0 Å². The molecule has 3 atom stereocenters. The molecule has 0 spiro atoms. The zero-order valence-electron chi connectivity index (χ0n) is 18.8. The van der Waals surface area contributed by atoms with Gasteiger partial charge >= 0.3 is 0 Å². The number of pyridine rings is 1. The molecule has 5 rings (SSSR count). The number of para-hydroxylation sites is 1. The summed E-state index contributed by atoms with van der Waals surface area (Å²) in [5, 5.41) is 2.96. The Kier molecular flexibility index (Phi) is 6.26. The van der Waals surface area contributed by atoms with Gasteiger partial charge in [-0.15, -0.1) is 0 Å². The number of rotatable bonds is 7. The SMILES string of the molecule is CN1[C@@H]2CC[C@H]1C[C@H](Oc1cccc(CNC(=O)c3ccc(Oc4ccccc4)nc3)c1)C2. The summed E-state index contributed by atoms with van der Waals surface area (Å²) in [6.07, 6.45) is 6.53. The fourth-order valence-corrected chi connectivity index (χ4v) is 4.85. The quantitative estimate of drug-likeness (QED) is 0.568. The van der Waals surface area contributed by atoms with Gasteiger partial charge in [0.25, 0.3) is 5.91 Å². The first-order valence-electron chi connectivity index (χ1n) is 11.6. The number of carbonyl (C=O) groups excluding carboxylic acids is 1. The molecule has 33 heavy (non-hydrogen) atoms. The lowest BCUT2D eigenvalue weighted by Gasteiger charge is -2.36. The van der Waals surface area contributed by atoms with Gasteiger partial charge in [0.05, 0.1) is 5.56 Å². The highest BCUT2D eigenvalue weighted by atomic mass is 16.5. The average Bonchev–Trinajstić information content (AvgIpc) is 3.04. The minimum Gasteiger partial charge on any atom is -0.490 e. The van der Waals surface area contributed by atoms with Crippen LogP contribution in [0.3, 0.4) is 0 Å². The molecule has 2 bridgehead atoms. The lowest BCUT2D eigenvalue weighted by atomic mass is 10.0. The van der Waals surface area contributed by atoms with E-state index in [4.69, 9.17) is 9.47 Å². The van der Waals surface area contributed by atoms with E-state index in [1.807, 2.05) is 54.6 Å². The molecule has 3 aromatic rings. The van der Waals surface area contributed by atoms with Crippen LogP contribution < -0.4 is 14.8 Å². The predicted molar refractivity (Wildman–Crippen MR) is 127 cm³/mol. The molecular weight excluding hydrogens is 414 g/mol. The number of benzene rings is 2. The minimum atomic E-state index is -0.174. The summed E-state index contributed by atoms with van der Waals surface area (Å²) in [4.78, 5) is 19.3. The maximum atomic E-state index is 12.6. The molecule has 6 heteroatoms. The predicted octanol–water partition coefficient (Wildman–Crippen LogP) is 4.81. The summed E-state index contributed by atoms with van der Waals surface area (Å²) in [7, 11) is 2.24. The normalized spacial score (nSPS) is 22.0. The number of aromatic nitrogens is 1. The van der Waals surface area contributed by atoms with Crippen LogP contribution in [0.15, 0.2) is 72.9 Å². The lowest BCUT2D eigenvalue weighted by Crippen LogP contribution is -2.43. The van der Waals surface area contributed by atoms with Crippen molar-refractivity contribution >= 4 is 5.91 Å². The molecule has 1 amide bonds. The summed E-state index contributed by atoms with van der Waals surface area (Å²) in [5.41, 5.74) is 1.50. The second-order valence-electron chi connectivity index (χ2n) is 8.89. The van der Waals surface area contributed by atoms with E-state index in [1.165, 1.54) is 19.0 Å². The van der Waals surface area contributed by atoms with Gasteiger partial charge in [-0.3, -0.25) is 4.79 Å². The van der Waals surface area contributed by atoms with E-state index < -0.39 is 0 Å². The van der Waals surface area contributed by atoms with Gasteiger partial charge in [-0.1, -0.05) is 30.3 Å². The number of carbonyl (C=O) groups is 1. The van der Waals surface area contributed by atoms with Crippen LogP contribution in [0.4, 0.5) is 0 Å². The molecule has 1 aromatic heterocycles. The Balaban J connectivity index is 1.14. The van der Waals surface area contributed by atoms with E-state index >= 15 is 0 Å². The Morgan fingerprint density at radius 2 is 1.76 bits per heavy atom. The van der Waals surface area contributed by atoms with Crippen LogP contribution >= 0.6 is 0 Å². The second kappa shape index (κ2) is 9.63. The minimum absolute atomic E-state index is 0.174.